The van der Waals surface area contributed by atoms with Crippen molar-refractivity contribution in [2.24, 2.45) is 0 Å². The van der Waals surface area contributed by atoms with E-state index in [2.05, 4.69) is 10.3 Å². The number of carboxylic acids is 1. The molecule has 38 heavy (non-hydrogen) atoms. The largest absolute Gasteiger partial charge is 0.478 e. The number of dihydropyridines is 1. The summed E-state index contributed by atoms with van der Waals surface area (Å²) < 4.78 is 7.44. The average molecular weight is 515 g/mol. The molecule has 3 aromatic rings. The molecule has 0 saturated heterocycles. The van der Waals surface area contributed by atoms with Crippen LogP contribution in [0.5, 0.6) is 0 Å². The van der Waals surface area contributed by atoms with Gasteiger partial charge in [0.15, 0.2) is 0 Å². The molecule has 0 fully saturated rings. The quantitative estimate of drug-likeness (QED) is 0.243. The summed E-state index contributed by atoms with van der Waals surface area (Å²) in [7, 11) is 0. The maximum absolute atomic E-state index is 13.2. The number of esters is 1. The number of allylic oxidation sites excluding steroid dienone is 2. The number of nitrogens with zero attached hydrogens (tertiary/aromatic N) is 3. The lowest BCUT2D eigenvalue weighted by atomic mass is 9.80. The van der Waals surface area contributed by atoms with Gasteiger partial charge in [0.1, 0.15) is 6.61 Å². The van der Waals surface area contributed by atoms with Gasteiger partial charge in [0.25, 0.3) is 5.69 Å². The molecule has 1 unspecified atom stereocenters. The van der Waals surface area contributed by atoms with Crippen molar-refractivity contribution in [1.29, 1.82) is 0 Å². The number of imidazole rings is 1. The van der Waals surface area contributed by atoms with Crippen LogP contribution < -0.4 is 5.32 Å². The van der Waals surface area contributed by atoms with Gasteiger partial charge in [-0.2, -0.15) is 0 Å². The minimum absolute atomic E-state index is 0.0425. The molecular weight excluding hydrogens is 488 g/mol. The Morgan fingerprint density at radius 2 is 1.89 bits per heavy atom. The van der Waals surface area contributed by atoms with Crippen molar-refractivity contribution in [3.63, 3.8) is 0 Å². The SMILES string of the molecule is CC1=C(C(=O)O)C(c2cccc([N+](=O)[O-])c2)C(C(=O)OC/C=C/c2ccc(Cn3ccnc3)cc2)=C(C)N1. The Morgan fingerprint density at radius 1 is 1.16 bits per heavy atom. The van der Waals surface area contributed by atoms with Crippen molar-refractivity contribution < 1.29 is 24.4 Å². The molecule has 2 N–H and O–H groups in total. The van der Waals surface area contributed by atoms with E-state index in [-0.39, 0.29) is 23.4 Å². The molecule has 0 bridgehead atoms. The van der Waals surface area contributed by atoms with Gasteiger partial charge in [0.2, 0.25) is 0 Å². The van der Waals surface area contributed by atoms with Crippen LogP contribution in [0.3, 0.4) is 0 Å². The number of nitrogens with one attached hydrogen (secondary N) is 1. The van der Waals surface area contributed by atoms with Gasteiger partial charge in [0.05, 0.1) is 28.3 Å². The standard InChI is InChI=1S/C28H26N4O6/c1-18-24(27(33)34)26(22-6-3-7-23(15-22)32(36)37)25(19(2)30-18)28(35)38-14-4-5-20-8-10-21(11-9-20)16-31-13-12-29-17-31/h3-13,15,17,26,30H,14,16H2,1-2H3,(H,33,34)/b5-4+. The highest BCUT2D eigenvalue weighted by Crippen LogP contribution is 2.39. The molecule has 10 heteroatoms. The number of carbonyl (C=O) groups excluding carboxylic acids is 1. The number of aromatic nitrogens is 2. The molecule has 0 radical (unpaired) electrons. The van der Waals surface area contributed by atoms with Crippen LogP contribution in [0, 0.1) is 10.1 Å². The summed E-state index contributed by atoms with van der Waals surface area (Å²) in [6.45, 7) is 3.90. The lowest BCUT2D eigenvalue weighted by molar-refractivity contribution is -0.384. The van der Waals surface area contributed by atoms with E-state index in [0.29, 0.717) is 23.5 Å². The zero-order valence-electron chi connectivity index (χ0n) is 20.8. The first-order valence-electron chi connectivity index (χ1n) is 11.8. The van der Waals surface area contributed by atoms with Crippen LogP contribution in [0.15, 0.2) is 95.9 Å². The van der Waals surface area contributed by atoms with E-state index in [1.54, 1.807) is 38.5 Å². The van der Waals surface area contributed by atoms with Gasteiger partial charge in [-0.05, 0) is 36.6 Å². The Labute approximate surface area is 218 Å². The lowest BCUT2D eigenvalue weighted by Gasteiger charge is -2.29. The number of non-ortho nitro benzene ring substituents is 1. The number of nitro benzene ring substituents is 1. The smallest absolute Gasteiger partial charge is 0.337 e. The number of carboxylic acid groups (broad SMARTS) is 1. The number of hydrogen-bond acceptors (Lipinski definition) is 7. The number of hydrogen-bond donors (Lipinski definition) is 2. The summed E-state index contributed by atoms with van der Waals surface area (Å²) in [6.07, 6.45) is 8.88. The topological polar surface area (TPSA) is 137 Å². The summed E-state index contributed by atoms with van der Waals surface area (Å²) in [5.74, 6) is -2.98. The van der Waals surface area contributed by atoms with Crippen molar-refractivity contribution in [1.82, 2.24) is 14.9 Å². The molecule has 0 amide bonds. The Kier molecular flexibility index (Phi) is 7.81. The maximum atomic E-state index is 13.2. The highest BCUT2D eigenvalue weighted by Gasteiger charge is 2.37. The minimum atomic E-state index is -1.24. The van der Waals surface area contributed by atoms with E-state index in [0.717, 1.165) is 11.1 Å². The van der Waals surface area contributed by atoms with E-state index < -0.39 is 22.8 Å². The Hall–Kier alpha value is -4.99. The molecule has 2 aromatic carbocycles. The summed E-state index contributed by atoms with van der Waals surface area (Å²) in [4.78, 5) is 40.1. The number of carbonyl (C=O) groups is 2. The summed E-state index contributed by atoms with van der Waals surface area (Å²) in [5, 5.41) is 24.2. The molecule has 0 saturated carbocycles. The van der Waals surface area contributed by atoms with Gasteiger partial charge in [-0.3, -0.25) is 10.1 Å². The van der Waals surface area contributed by atoms with E-state index in [1.807, 2.05) is 41.1 Å². The van der Waals surface area contributed by atoms with Crippen LogP contribution in [-0.4, -0.2) is 38.1 Å². The van der Waals surface area contributed by atoms with Crippen LogP contribution in [-0.2, 0) is 20.9 Å². The van der Waals surface area contributed by atoms with Gasteiger partial charge in [0, 0.05) is 42.5 Å². The predicted octanol–water partition coefficient (Wildman–Crippen LogP) is 4.42. The maximum Gasteiger partial charge on any atom is 0.337 e. The summed E-state index contributed by atoms with van der Waals surface area (Å²) in [6, 6.07) is 13.5. The third kappa shape index (κ3) is 5.86. The second kappa shape index (κ2) is 11.4. The molecule has 4 rings (SSSR count). The van der Waals surface area contributed by atoms with Gasteiger partial charge in [-0.1, -0.05) is 42.5 Å². The zero-order chi connectivity index (χ0) is 27.2. The van der Waals surface area contributed by atoms with E-state index in [9.17, 15) is 24.8 Å². The molecule has 1 aliphatic heterocycles. The zero-order valence-corrected chi connectivity index (χ0v) is 20.8. The van der Waals surface area contributed by atoms with Gasteiger partial charge < -0.3 is 19.7 Å². The monoisotopic (exact) mass is 514 g/mol. The Balaban J connectivity index is 1.49. The third-order valence-corrected chi connectivity index (χ3v) is 6.15. The van der Waals surface area contributed by atoms with E-state index in [1.165, 1.54) is 18.2 Å². The van der Waals surface area contributed by atoms with Crippen molar-refractivity contribution in [2.45, 2.75) is 26.3 Å². The fourth-order valence-electron chi connectivity index (χ4n) is 4.41. The van der Waals surface area contributed by atoms with Crippen molar-refractivity contribution in [3.05, 3.63) is 123 Å². The number of rotatable bonds is 9. The van der Waals surface area contributed by atoms with Crippen LogP contribution in [0.1, 0.15) is 36.5 Å². The number of benzene rings is 2. The fraction of sp³-hybridized carbons (Fsp3) is 0.179. The first-order chi connectivity index (χ1) is 18.2. The molecule has 194 valence electrons. The van der Waals surface area contributed by atoms with E-state index >= 15 is 0 Å². The highest BCUT2D eigenvalue weighted by atomic mass is 16.6. The first-order valence-corrected chi connectivity index (χ1v) is 11.8. The predicted molar refractivity (Wildman–Crippen MR) is 140 cm³/mol. The second-order valence-corrected chi connectivity index (χ2v) is 8.77. The van der Waals surface area contributed by atoms with Crippen LogP contribution in [0.4, 0.5) is 5.69 Å². The minimum Gasteiger partial charge on any atom is -0.478 e. The number of ether oxygens (including phenoxy) is 1. The van der Waals surface area contributed by atoms with Crippen molar-refractivity contribution >= 4 is 23.7 Å². The molecule has 1 aliphatic rings. The molecule has 1 aromatic heterocycles. The summed E-state index contributed by atoms with van der Waals surface area (Å²) >= 11 is 0. The van der Waals surface area contributed by atoms with Crippen LogP contribution >= 0.6 is 0 Å². The third-order valence-electron chi connectivity index (χ3n) is 6.15. The second-order valence-electron chi connectivity index (χ2n) is 8.77. The van der Waals surface area contributed by atoms with Gasteiger partial charge in [-0.15, -0.1) is 0 Å². The fourth-order valence-corrected chi connectivity index (χ4v) is 4.41. The summed E-state index contributed by atoms with van der Waals surface area (Å²) in [5.41, 5.74) is 2.93. The molecule has 10 nitrogen and oxygen atoms in total. The first kappa shape index (κ1) is 26.1. The van der Waals surface area contributed by atoms with Crippen molar-refractivity contribution in [3.8, 4) is 0 Å². The van der Waals surface area contributed by atoms with E-state index in [4.69, 9.17) is 4.74 Å². The molecule has 0 spiro atoms. The molecule has 1 atom stereocenters. The Morgan fingerprint density at radius 3 is 2.55 bits per heavy atom. The van der Waals surface area contributed by atoms with Gasteiger partial charge >= 0.3 is 11.9 Å². The highest BCUT2D eigenvalue weighted by molar-refractivity contribution is 5.99. The molecular formula is C28H26N4O6. The number of nitro groups is 1. The van der Waals surface area contributed by atoms with Crippen LogP contribution in [0.25, 0.3) is 6.08 Å². The average Bonchev–Trinajstić information content (AvgIpc) is 3.40. The van der Waals surface area contributed by atoms with Gasteiger partial charge in [-0.25, -0.2) is 14.6 Å². The van der Waals surface area contributed by atoms with Crippen LogP contribution in [0.2, 0.25) is 0 Å². The normalized spacial score (nSPS) is 15.5. The van der Waals surface area contributed by atoms with Crippen molar-refractivity contribution in [2.75, 3.05) is 6.61 Å². The molecule has 0 aliphatic carbocycles. The lowest BCUT2D eigenvalue weighted by Crippen LogP contribution is -2.31. The molecule has 2 heterocycles. The Bertz CT molecular complexity index is 1450. The number of aliphatic carboxylic acids is 1.